The Hall–Kier alpha value is -1.68. The molecule has 1 aromatic carbocycles. The highest BCUT2D eigenvalue weighted by molar-refractivity contribution is 5.99. The first-order chi connectivity index (χ1) is 8.45. The van der Waals surface area contributed by atoms with Crippen molar-refractivity contribution >= 4 is 11.7 Å². The SMILES string of the molecule is CON(C)C(=O)CCC(=O)c1ccc(C)cc1C. The molecule has 0 fully saturated rings. The van der Waals surface area contributed by atoms with Gasteiger partial charge in [-0.15, -0.1) is 0 Å². The first kappa shape index (κ1) is 14.4. The lowest BCUT2D eigenvalue weighted by Crippen LogP contribution is -2.25. The van der Waals surface area contributed by atoms with Crippen molar-refractivity contribution < 1.29 is 14.4 Å². The molecule has 18 heavy (non-hydrogen) atoms. The van der Waals surface area contributed by atoms with Crippen molar-refractivity contribution in [2.24, 2.45) is 0 Å². The molecule has 0 bridgehead atoms. The number of benzene rings is 1. The van der Waals surface area contributed by atoms with Crippen LogP contribution in [0.25, 0.3) is 0 Å². The molecule has 1 rings (SSSR count). The molecule has 0 aliphatic rings. The number of carbonyl (C=O) groups is 2. The van der Waals surface area contributed by atoms with Crippen molar-refractivity contribution in [3.63, 3.8) is 0 Å². The van der Waals surface area contributed by atoms with Gasteiger partial charge in [0.1, 0.15) is 0 Å². The number of carbonyl (C=O) groups excluding carboxylic acids is 2. The van der Waals surface area contributed by atoms with Gasteiger partial charge < -0.3 is 0 Å². The summed E-state index contributed by atoms with van der Waals surface area (Å²) in [5, 5.41) is 1.13. The Morgan fingerprint density at radius 3 is 2.44 bits per heavy atom. The Morgan fingerprint density at radius 1 is 1.22 bits per heavy atom. The van der Waals surface area contributed by atoms with Crippen LogP contribution in [0.3, 0.4) is 0 Å². The maximum Gasteiger partial charge on any atom is 0.246 e. The van der Waals surface area contributed by atoms with Gasteiger partial charge in [-0.3, -0.25) is 14.4 Å². The van der Waals surface area contributed by atoms with Gasteiger partial charge in [-0.25, -0.2) is 5.06 Å². The van der Waals surface area contributed by atoms with E-state index in [9.17, 15) is 9.59 Å². The molecular formula is C14H19NO3. The molecule has 0 saturated heterocycles. The molecule has 0 saturated carbocycles. The maximum atomic E-state index is 12.0. The van der Waals surface area contributed by atoms with Crippen LogP contribution in [0.15, 0.2) is 18.2 Å². The molecule has 1 aromatic rings. The minimum atomic E-state index is -0.199. The second-order valence-corrected chi connectivity index (χ2v) is 4.32. The number of nitrogens with zero attached hydrogens (tertiary/aromatic N) is 1. The molecule has 4 nitrogen and oxygen atoms in total. The molecule has 0 aliphatic carbocycles. The van der Waals surface area contributed by atoms with E-state index in [-0.39, 0.29) is 24.5 Å². The molecule has 0 heterocycles. The summed E-state index contributed by atoms with van der Waals surface area (Å²) in [4.78, 5) is 28.2. The topological polar surface area (TPSA) is 46.6 Å². The average Bonchev–Trinajstić information content (AvgIpc) is 2.34. The number of aryl methyl sites for hydroxylation is 2. The summed E-state index contributed by atoms with van der Waals surface area (Å²) in [6.45, 7) is 3.89. The number of ketones is 1. The predicted octanol–water partition coefficient (Wildman–Crippen LogP) is 2.29. The summed E-state index contributed by atoms with van der Waals surface area (Å²) in [7, 11) is 2.95. The lowest BCUT2D eigenvalue weighted by Gasteiger charge is -2.13. The Morgan fingerprint density at radius 2 is 1.89 bits per heavy atom. The van der Waals surface area contributed by atoms with Crippen molar-refractivity contribution in [1.82, 2.24) is 5.06 Å². The van der Waals surface area contributed by atoms with Crippen LogP contribution in [0, 0.1) is 13.8 Å². The smallest absolute Gasteiger partial charge is 0.246 e. The summed E-state index contributed by atoms with van der Waals surface area (Å²) < 4.78 is 0. The van der Waals surface area contributed by atoms with Crippen molar-refractivity contribution in [1.29, 1.82) is 0 Å². The average molecular weight is 249 g/mol. The molecule has 0 aliphatic heterocycles. The van der Waals surface area contributed by atoms with Gasteiger partial charge in [0, 0.05) is 25.5 Å². The lowest BCUT2D eigenvalue weighted by molar-refractivity contribution is -0.168. The van der Waals surface area contributed by atoms with Gasteiger partial charge in [0.25, 0.3) is 0 Å². The molecule has 0 spiro atoms. The van der Waals surface area contributed by atoms with Crippen LogP contribution in [0.4, 0.5) is 0 Å². The first-order valence-corrected chi connectivity index (χ1v) is 5.87. The Kier molecular flexibility index (Phi) is 5.04. The number of amides is 1. The van der Waals surface area contributed by atoms with E-state index in [1.165, 1.54) is 14.2 Å². The van der Waals surface area contributed by atoms with Gasteiger partial charge in [-0.2, -0.15) is 0 Å². The standard InChI is InChI=1S/C14H19NO3/c1-10-5-6-12(11(2)9-10)13(16)7-8-14(17)15(3)18-4/h5-6,9H,7-8H2,1-4H3. The quantitative estimate of drug-likeness (QED) is 0.594. The second kappa shape index (κ2) is 6.31. The van der Waals surface area contributed by atoms with E-state index in [2.05, 4.69) is 0 Å². The molecule has 1 amide bonds. The van der Waals surface area contributed by atoms with Gasteiger partial charge in [0.2, 0.25) is 5.91 Å². The van der Waals surface area contributed by atoms with Gasteiger partial charge in [-0.05, 0) is 19.4 Å². The van der Waals surface area contributed by atoms with E-state index in [0.29, 0.717) is 5.56 Å². The fourth-order valence-electron chi connectivity index (χ4n) is 1.74. The van der Waals surface area contributed by atoms with Crippen molar-refractivity contribution in [2.75, 3.05) is 14.2 Å². The first-order valence-electron chi connectivity index (χ1n) is 5.87. The lowest BCUT2D eigenvalue weighted by atomic mass is 9.99. The van der Waals surface area contributed by atoms with Crippen LogP contribution in [0.5, 0.6) is 0 Å². The van der Waals surface area contributed by atoms with Crippen molar-refractivity contribution in [2.45, 2.75) is 26.7 Å². The van der Waals surface area contributed by atoms with Crippen LogP contribution in [-0.2, 0) is 9.63 Å². The summed E-state index contributed by atoms with van der Waals surface area (Å²) in [6, 6.07) is 5.69. The summed E-state index contributed by atoms with van der Waals surface area (Å²) in [5.41, 5.74) is 2.76. The monoisotopic (exact) mass is 249 g/mol. The largest absolute Gasteiger partial charge is 0.294 e. The highest BCUT2D eigenvalue weighted by atomic mass is 16.7. The van der Waals surface area contributed by atoms with Crippen LogP contribution in [-0.4, -0.2) is 30.9 Å². The summed E-state index contributed by atoms with van der Waals surface area (Å²) >= 11 is 0. The molecule has 0 radical (unpaired) electrons. The minimum absolute atomic E-state index is 0.00893. The van der Waals surface area contributed by atoms with Crippen LogP contribution in [0.1, 0.15) is 34.3 Å². The van der Waals surface area contributed by atoms with E-state index in [4.69, 9.17) is 4.84 Å². The van der Waals surface area contributed by atoms with E-state index in [0.717, 1.165) is 16.2 Å². The molecule has 4 heteroatoms. The summed E-state index contributed by atoms with van der Waals surface area (Å²) in [5.74, 6) is -0.207. The normalized spacial score (nSPS) is 10.2. The van der Waals surface area contributed by atoms with Gasteiger partial charge in [0.05, 0.1) is 7.11 Å². The van der Waals surface area contributed by atoms with Crippen molar-refractivity contribution in [3.05, 3.63) is 34.9 Å². The number of hydroxylamine groups is 2. The zero-order chi connectivity index (χ0) is 13.7. The molecule has 0 atom stereocenters. The van der Waals surface area contributed by atoms with Gasteiger partial charge in [0.15, 0.2) is 5.78 Å². The van der Waals surface area contributed by atoms with Crippen LogP contribution >= 0.6 is 0 Å². The third-order valence-electron chi connectivity index (χ3n) is 2.87. The number of Topliss-reactive ketones (excluding diaryl/α,β-unsaturated/α-hetero) is 1. The van der Waals surface area contributed by atoms with Gasteiger partial charge >= 0.3 is 0 Å². The van der Waals surface area contributed by atoms with Crippen molar-refractivity contribution in [3.8, 4) is 0 Å². The Balaban J connectivity index is 2.63. The van der Waals surface area contributed by atoms with Gasteiger partial charge in [-0.1, -0.05) is 23.8 Å². The highest BCUT2D eigenvalue weighted by Crippen LogP contribution is 2.14. The molecule has 0 N–H and O–H groups in total. The third kappa shape index (κ3) is 3.67. The fraction of sp³-hybridized carbons (Fsp3) is 0.429. The van der Waals surface area contributed by atoms with Crippen LogP contribution in [0.2, 0.25) is 0 Å². The van der Waals surface area contributed by atoms with E-state index in [1.807, 2.05) is 32.0 Å². The Labute approximate surface area is 108 Å². The zero-order valence-corrected chi connectivity index (χ0v) is 11.3. The second-order valence-electron chi connectivity index (χ2n) is 4.32. The molecule has 98 valence electrons. The number of rotatable bonds is 5. The third-order valence-corrected chi connectivity index (χ3v) is 2.87. The number of hydrogen-bond donors (Lipinski definition) is 0. The van der Waals surface area contributed by atoms with E-state index in [1.54, 1.807) is 0 Å². The van der Waals surface area contributed by atoms with Crippen LogP contribution < -0.4 is 0 Å². The zero-order valence-electron chi connectivity index (χ0n) is 11.3. The Bertz CT molecular complexity index is 454. The highest BCUT2D eigenvalue weighted by Gasteiger charge is 2.13. The van der Waals surface area contributed by atoms with E-state index >= 15 is 0 Å². The molecule has 0 unspecified atom stereocenters. The number of hydrogen-bond acceptors (Lipinski definition) is 3. The maximum absolute atomic E-state index is 12.0. The molecule has 0 aromatic heterocycles. The molecular weight excluding hydrogens is 230 g/mol. The fourth-order valence-corrected chi connectivity index (χ4v) is 1.74. The van der Waals surface area contributed by atoms with E-state index < -0.39 is 0 Å². The predicted molar refractivity (Wildman–Crippen MR) is 69.3 cm³/mol. The summed E-state index contributed by atoms with van der Waals surface area (Å²) in [6.07, 6.45) is 0.368. The minimum Gasteiger partial charge on any atom is -0.294 e.